The molecule has 0 aromatic carbocycles. The van der Waals surface area contributed by atoms with Crippen molar-refractivity contribution in [1.29, 1.82) is 0 Å². The molecule has 6 heteroatoms. The highest BCUT2D eigenvalue weighted by Gasteiger charge is 2.19. The van der Waals surface area contributed by atoms with E-state index in [2.05, 4.69) is 112 Å². The fourth-order valence-corrected chi connectivity index (χ4v) is 5.43. The molecule has 0 aliphatic rings. The van der Waals surface area contributed by atoms with E-state index in [1.165, 1.54) is 64.2 Å². The minimum Gasteiger partial charge on any atom is -0.462 e. The van der Waals surface area contributed by atoms with Crippen LogP contribution in [0, 0.1) is 0 Å². The second-order valence-corrected chi connectivity index (χ2v) is 14.2. The van der Waals surface area contributed by atoms with E-state index in [1.54, 1.807) is 6.08 Å². The number of ether oxygens (including phenoxy) is 3. The van der Waals surface area contributed by atoms with Gasteiger partial charge in [-0.25, -0.2) is 0 Å². The van der Waals surface area contributed by atoms with Gasteiger partial charge >= 0.3 is 17.9 Å². The van der Waals surface area contributed by atoms with Crippen LogP contribution in [0.15, 0.2) is 109 Å². The van der Waals surface area contributed by atoms with Crippen molar-refractivity contribution in [2.24, 2.45) is 0 Å². The number of rotatable bonds is 38. The highest BCUT2D eigenvalue weighted by molar-refractivity contribution is 5.72. The van der Waals surface area contributed by atoms with E-state index in [-0.39, 0.29) is 38.4 Å². The zero-order chi connectivity index (χ0) is 41.5. The standard InChI is InChI=1S/C51H80O6/c1-4-7-10-13-16-19-21-23-24-25-26-28-29-32-35-38-41-44-50(53)56-47-48(46-55-49(52)43-40-37-34-31-18-15-12-9-6-3)57-51(54)45-42-39-36-33-30-27-22-20-17-14-11-8-5-2/h9,12,16,18-19,23-24,26-28,30-32,35-37,39-40,48H,4-8,10-11,13-15,17,20-22,25,29,33-34,38,41-47H2,1-3H3/b12-9-,19-16-,24-23-,28-26-,30-27-,31-18-,35-32-,39-36-,40-37-. The predicted molar refractivity (Wildman–Crippen MR) is 242 cm³/mol. The van der Waals surface area contributed by atoms with Gasteiger partial charge in [-0.15, -0.1) is 0 Å². The smallest absolute Gasteiger partial charge is 0.309 e. The fraction of sp³-hybridized carbons (Fsp3) is 0.588. The molecule has 320 valence electrons. The van der Waals surface area contributed by atoms with Crippen LogP contribution >= 0.6 is 0 Å². The van der Waals surface area contributed by atoms with Crippen molar-refractivity contribution >= 4 is 17.9 Å². The lowest BCUT2D eigenvalue weighted by atomic mass is 10.1. The average molecular weight is 789 g/mol. The lowest BCUT2D eigenvalue weighted by Crippen LogP contribution is -2.30. The first-order valence-electron chi connectivity index (χ1n) is 22.4. The molecule has 0 bridgehead atoms. The first-order chi connectivity index (χ1) is 28.0. The summed E-state index contributed by atoms with van der Waals surface area (Å²) in [5.74, 6) is -1.22. The molecule has 0 rings (SSSR count). The van der Waals surface area contributed by atoms with Crippen LogP contribution in [0.25, 0.3) is 0 Å². The van der Waals surface area contributed by atoms with Crippen LogP contribution in [0.1, 0.15) is 175 Å². The minimum atomic E-state index is -0.865. The van der Waals surface area contributed by atoms with E-state index in [4.69, 9.17) is 14.2 Å². The molecule has 57 heavy (non-hydrogen) atoms. The van der Waals surface area contributed by atoms with Crippen LogP contribution in [0.5, 0.6) is 0 Å². The van der Waals surface area contributed by atoms with Gasteiger partial charge in [0.1, 0.15) is 13.2 Å². The second-order valence-electron chi connectivity index (χ2n) is 14.2. The molecule has 0 aliphatic carbocycles. The molecular formula is C51H80O6. The monoisotopic (exact) mass is 789 g/mol. The zero-order valence-electron chi connectivity index (χ0n) is 36.3. The Morgan fingerprint density at radius 3 is 1.33 bits per heavy atom. The van der Waals surface area contributed by atoms with Crippen LogP contribution in [0.3, 0.4) is 0 Å². The van der Waals surface area contributed by atoms with Crippen molar-refractivity contribution in [2.45, 2.75) is 181 Å². The van der Waals surface area contributed by atoms with Gasteiger partial charge in [-0.3, -0.25) is 14.4 Å². The van der Waals surface area contributed by atoms with E-state index >= 15 is 0 Å². The highest BCUT2D eigenvalue weighted by Crippen LogP contribution is 2.09. The second kappa shape index (κ2) is 44.8. The van der Waals surface area contributed by atoms with Gasteiger partial charge in [-0.05, 0) is 89.9 Å². The van der Waals surface area contributed by atoms with E-state index in [0.717, 1.165) is 57.8 Å². The molecule has 0 amide bonds. The van der Waals surface area contributed by atoms with Gasteiger partial charge in [-0.1, -0.05) is 175 Å². The number of hydrogen-bond donors (Lipinski definition) is 0. The molecule has 6 nitrogen and oxygen atoms in total. The van der Waals surface area contributed by atoms with Crippen LogP contribution in [0.4, 0.5) is 0 Å². The molecule has 0 N–H and O–H groups in total. The van der Waals surface area contributed by atoms with Crippen molar-refractivity contribution < 1.29 is 28.6 Å². The number of allylic oxidation sites excluding steroid dienone is 17. The van der Waals surface area contributed by atoms with E-state index in [9.17, 15) is 14.4 Å². The average Bonchev–Trinajstić information content (AvgIpc) is 3.21. The molecule has 0 fully saturated rings. The zero-order valence-corrected chi connectivity index (χ0v) is 36.3. The minimum absolute atomic E-state index is 0.111. The Hall–Kier alpha value is -3.93. The van der Waals surface area contributed by atoms with E-state index in [1.807, 2.05) is 12.2 Å². The first-order valence-corrected chi connectivity index (χ1v) is 22.4. The lowest BCUT2D eigenvalue weighted by Gasteiger charge is -2.18. The molecule has 1 atom stereocenters. The maximum absolute atomic E-state index is 12.7. The topological polar surface area (TPSA) is 78.9 Å². The Labute approximate surface area is 349 Å². The molecule has 0 aromatic rings. The van der Waals surface area contributed by atoms with Gasteiger partial charge in [-0.2, -0.15) is 0 Å². The summed E-state index contributed by atoms with van der Waals surface area (Å²) in [5, 5.41) is 0. The summed E-state index contributed by atoms with van der Waals surface area (Å²) in [5.41, 5.74) is 0. The summed E-state index contributed by atoms with van der Waals surface area (Å²) in [7, 11) is 0. The lowest BCUT2D eigenvalue weighted by molar-refractivity contribution is -0.166. The third kappa shape index (κ3) is 43.0. The summed E-state index contributed by atoms with van der Waals surface area (Å²) in [4.78, 5) is 37.5. The Bertz CT molecular complexity index is 1230. The molecule has 0 heterocycles. The Morgan fingerprint density at radius 1 is 0.386 bits per heavy atom. The Kier molecular flexibility index (Phi) is 41.7. The number of carbonyl (C=O) groups is 3. The van der Waals surface area contributed by atoms with Crippen molar-refractivity contribution in [2.75, 3.05) is 13.2 Å². The molecule has 0 aromatic heterocycles. The van der Waals surface area contributed by atoms with Gasteiger partial charge in [0.2, 0.25) is 0 Å². The van der Waals surface area contributed by atoms with Crippen LogP contribution < -0.4 is 0 Å². The number of esters is 3. The van der Waals surface area contributed by atoms with Gasteiger partial charge in [0.25, 0.3) is 0 Å². The summed E-state index contributed by atoms with van der Waals surface area (Å²) in [6, 6.07) is 0. The molecule has 0 saturated heterocycles. The van der Waals surface area contributed by atoms with E-state index in [0.29, 0.717) is 12.8 Å². The summed E-state index contributed by atoms with van der Waals surface area (Å²) in [6.45, 7) is 6.25. The summed E-state index contributed by atoms with van der Waals surface area (Å²) < 4.78 is 16.4. The SMILES string of the molecule is CC/C=C\C/C=C\C/C=C\CC(=O)OCC(COC(=O)CCC/C=C\C/C=C\C/C=C\C/C=C\CCCCC)OC(=O)CC/C=C\C/C=C\CCCCCCCC. The number of unbranched alkanes of at least 4 members (excludes halogenated alkanes) is 10. The quantitative estimate of drug-likeness (QED) is 0.0268. The van der Waals surface area contributed by atoms with Crippen LogP contribution in [-0.2, 0) is 28.6 Å². The fourth-order valence-electron chi connectivity index (χ4n) is 5.43. The number of carbonyl (C=O) groups excluding carboxylic acids is 3. The largest absolute Gasteiger partial charge is 0.462 e. The Balaban J connectivity index is 4.60. The van der Waals surface area contributed by atoms with Gasteiger partial charge in [0, 0.05) is 12.8 Å². The van der Waals surface area contributed by atoms with Crippen LogP contribution in [-0.4, -0.2) is 37.2 Å². The molecule has 0 radical (unpaired) electrons. The molecule has 0 aliphatic heterocycles. The summed E-state index contributed by atoms with van der Waals surface area (Å²) >= 11 is 0. The molecule has 0 spiro atoms. The predicted octanol–water partition coefficient (Wildman–Crippen LogP) is 14.4. The van der Waals surface area contributed by atoms with Gasteiger partial charge in [0.05, 0.1) is 6.42 Å². The van der Waals surface area contributed by atoms with Crippen molar-refractivity contribution in [3.63, 3.8) is 0 Å². The van der Waals surface area contributed by atoms with Crippen molar-refractivity contribution in [3.8, 4) is 0 Å². The number of hydrogen-bond acceptors (Lipinski definition) is 6. The van der Waals surface area contributed by atoms with Crippen LogP contribution in [0.2, 0.25) is 0 Å². The molecular weight excluding hydrogens is 709 g/mol. The van der Waals surface area contributed by atoms with Crippen molar-refractivity contribution in [1.82, 2.24) is 0 Å². The Morgan fingerprint density at radius 2 is 0.789 bits per heavy atom. The third-order valence-corrected chi connectivity index (χ3v) is 8.78. The first kappa shape index (κ1) is 53.1. The maximum Gasteiger partial charge on any atom is 0.309 e. The van der Waals surface area contributed by atoms with Gasteiger partial charge < -0.3 is 14.2 Å². The molecule has 1 unspecified atom stereocenters. The molecule has 0 saturated carbocycles. The summed E-state index contributed by atoms with van der Waals surface area (Å²) in [6.07, 6.45) is 59.8. The van der Waals surface area contributed by atoms with E-state index < -0.39 is 18.0 Å². The van der Waals surface area contributed by atoms with Crippen molar-refractivity contribution in [3.05, 3.63) is 109 Å². The third-order valence-electron chi connectivity index (χ3n) is 8.78. The van der Waals surface area contributed by atoms with Gasteiger partial charge in [0.15, 0.2) is 6.10 Å². The maximum atomic E-state index is 12.7. The highest BCUT2D eigenvalue weighted by atomic mass is 16.6. The normalized spacial score (nSPS) is 13.1.